The monoisotopic (exact) mass is 410 g/mol. The normalized spacial score (nSPS) is 17.1. The predicted octanol–water partition coefficient (Wildman–Crippen LogP) is 1.34. The van der Waals surface area contributed by atoms with E-state index in [2.05, 4.69) is 19.9 Å². The van der Waals surface area contributed by atoms with E-state index in [0.717, 1.165) is 13.1 Å². The second-order valence-corrected chi connectivity index (χ2v) is 6.98. The molecule has 0 aliphatic carbocycles. The first-order chi connectivity index (χ1) is 14.6. The lowest BCUT2D eigenvalue weighted by molar-refractivity contribution is -0.115. The maximum Gasteiger partial charge on any atom is 0.254 e. The van der Waals surface area contributed by atoms with Gasteiger partial charge in [0.2, 0.25) is 23.8 Å². The Balaban J connectivity index is 1.71. The summed E-state index contributed by atoms with van der Waals surface area (Å²) in [5, 5.41) is 8.63. The highest BCUT2D eigenvalue weighted by molar-refractivity contribution is 6.27. The molecule has 10 nitrogen and oxygen atoms in total. The topological polar surface area (TPSA) is 102 Å². The zero-order valence-corrected chi connectivity index (χ0v) is 17.3. The molecule has 3 heterocycles. The third-order valence-corrected chi connectivity index (χ3v) is 5.21. The molecule has 2 aliphatic rings. The molecule has 30 heavy (non-hydrogen) atoms. The molecule has 0 saturated carbocycles. The van der Waals surface area contributed by atoms with Crippen LogP contribution < -0.4 is 19.6 Å². The molecule has 1 aromatic carbocycles. The smallest absolute Gasteiger partial charge is 0.254 e. The van der Waals surface area contributed by atoms with Crippen LogP contribution in [0.3, 0.4) is 0 Å². The van der Waals surface area contributed by atoms with E-state index in [1.54, 1.807) is 0 Å². The lowest BCUT2D eigenvalue weighted by atomic mass is 10.3. The van der Waals surface area contributed by atoms with Crippen LogP contribution in [-0.4, -0.2) is 72.8 Å². The summed E-state index contributed by atoms with van der Waals surface area (Å²) in [4.78, 5) is 33.6. The third-order valence-electron chi connectivity index (χ3n) is 5.21. The number of nitrogens with one attached hydrogen (secondary N) is 1. The van der Waals surface area contributed by atoms with Crippen molar-refractivity contribution in [1.29, 1.82) is 5.41 Å². The molecule has 0 spiro atoms. The first-order valence-electron chi connectivity index (χ1n) is 10.2. The third kappa shape index (κ3) is 3.78. The van der Waals surface area contributed by atoms with E-state index in [4.69, 9.17) is 10.1 Å². The maximum absolute atomic E-state index is 12.7. The quantitative estimate of drug-likeness (QED) is 0.761. The average Bonchev–Trinajstić information content (AvgIpc) is 3.09. The second kappa shape index (κ2) is 8.62. The van der Waals surface area contributed by atoms with Crippen molar-refractivity contribution >= 4 is 35.4 Å². The molecule has 1 N–H and O–H groups in total. The predicted molar refractivity (Wildman–Crippen MR) is 115 cm³/mol. The van der Waals surface area contributed by atoms with Gasteiger partial charge in [0, 0.05) is 26.2 Å². The fourth-order valence-electron chi connectivity index (χ4n) is 3.55. The van der Waals surface area contributed by atoms with Crippen molar-refractivity contribution in [2.45, 2.75) is 13.8 Å². The van der Waals surface area contributed by atoms with Crippen molar-refractivity contribution in [3.05, 3.63) is 30.3 Å². The van der Waals surface area contributed by atoms with Crippen LogP contribution in [0.5, 0.6) is 0 Å². The average molecular weight is 410 g/mol. The molecule has 4 rings (SSSR count). The Hall–Kier alpha value is -3.27. The van der Waals surface area contributed by atoms with Crippen molar-refractivity contribution in [1.82, 2.24) is 15.0 Å². The molecule has 1 amide bonds. The highest BCUT2D eigenvalue weighted by Crippen LogP contribution is 2.26. The van der Waals surface area contributed by atoms with Gasteiger partial charge in [0.25, 0.3) is 5.91 Å². The summed E-state index contributed by atoms with van der Waals surface area (Å²) in [6, 6.07) is 9.18. The van der Waals surface area contributed by atoms with Crippen LogP contribution in [0.1, 0.15) is 13.8 Å². The van der Waals surface area contributed by atoms with Crippen molar-refractivity contribution < 1.29 is 9.53 Å². The van der Waals surface area contributed by atoms with Crippen molar-refractivity contribution in [3.63, 3.8) is 0 Å². The van der Waals surface area contributed by atoms with E-state index in [1.807, 2.05) is 49.1 Å². The number of para-hydroxylation sites is 1. The van der Waals surface area contributed by atoms with Gasteiger partial charge in [-0.25, -0.2) is 4.90 Å². The van der Waals surface area contributed by atoms with Gasteiger partial charge in [-0.15, -0.1) is 0 Å². The number of hydrogen-bond acceptors (Lipinski definition) is 8. The first kappa shape index (κ1) is 20.0. The van der Waals surface area contributed by atoms with Gasteiger partial charge >= 0.3 is 0 Å². The molecule has 158 valence electrons. The van der Waals surface area contributed by atoms with E-state index >= 15 is 0 Å². The standard InChI is InChI=1S/C20H26N8O2/c1-3-25(4-2)18-22-19(26-10-12-30-13-11-26)24-20(23-18)27-14-16(29)28(17(27)21)15-8-6-5-7-9-15/h5-9,21H,3-4,10-14H2,1-2H3. The molecule has 0 atom stereocenters. The van der Waals surface area contributed by atoms with Gasteiger partial charge in [0.1, 0.15) is 6.54 Å². The highest BCUT2D eigenvalue weighted by Gasteiger charge is 2.37. The first-order valence-corrected chi connectivity index (χ1v) is 10.2. The maximum atomic E-state index is 12.7. The van der Waals surface area contributed by atoms with Gasteiger partial charge in [-0.2, -0.15) is 15.0 Å². The van der Waals surface area contributed by atoms with Gasteiger partial charge in [0.05, 0.1) is 18.9 Å². The Labute approximate surface area is 175 Å². The van der Waals surface area contributed by atoms with Crippen LogP contribution in [0, 0.1) is 5.41 Å². The van der Waals surface area contributed by atoms with E-state index in [0.29, 0.717) is 49.8 Å². The highest BCUT2D eigenvalue weighted by atomic mass is 16.5. The zero-order chi connectivity index (χ0) is 21.1. The Bertz CT molecular complexity index is 912. The molecule has 2 aromatic rings. The summed E-state index contributed by atoms with van der Waals surface area (Å²) in [5.41, 5.74) is 0.654. The summed E-state index contributed by atoms with van der Waals surface area (Å²) >= 11 is 0. The van der Waals surface area contributed by atoms with Crippen LogP contribution >= 0.6 is 0 Å². The molecule has 2 fully saturated rings. The van der Waals surface area contributed by atoms with Crippen molar-refractivity contribution in [3.8, 4) is 0 Å². The number of nitrogens with zero attached hydrogens (tertiary/aromatic N) is 7. The molecular formula is C20H26N8O2. The number of hydrogen-bond donors (Lipinski definition) is 1. The Morgan fingerprint density at radius 3 is 2.37 bits per heavy atom. The van der Waals surface area contributed by atoms with Gasteiger partial charge in [-0.05, 0) is 26.0 Å². The van der Waals surface area contributed by atoms with Gasteiger partial charge < -0.3 is 14.5 Å². The molecule has 2 saturated heterocycles. The summed E-state index contributed by atoms with van der Waals surface area (Å²) in [5.74, 6) is 1.25. The molecule has 0 unspecified atom stereocenters. The van der Waals surface area contributed by atoms with E-state index < -0.39 is 0 Å². The minimum atomic E-state index is -0.191. The fraction of sp³-hybridized carbons (Fsp3) is 0.450. The van der Waals surface area contributed by atoms with E-state index in [-0.39, 0.29) is 18.4 Å². The lowest BCUT2D eigenvalue weighted by Gasteiger charge is -2.29. The van der Waals surface area contributed by atoms with Crippen molar-refractivity contribution in [2.24, 2.45) is 0 Å². The zero-order valence-electron chi connectivity index (χ0n) is 17.3. The summed E-state index contributed by atoms with van der Waals surface area (Å²) in [7, 11) is 0. The number of aromatic nitrogens is 3. The molecule has 2 aliphatic heterocycles. The number of carbonyl (C=O) groups excluding carboxylic acids is 1. The fourth-order valence-corrected chi connectivity index (χ4v) is 3.55. The number of amides is 1. The largest absolute Gasteiger partial charge is 0.378 e. The number of benzene rings is 1. The van der Waals surface area contributed by atoms with Crippen molar-refractivity contribution in [2.75, 3.05) is 65.5 Å². The molecular weight excluding hydrogens is 384 g/mol. The summed E-state index contributed by atoms with van der Waals surface area (Å²) in [6.45, 7) is 8.19. The molecule has 0 bridgehead atoms. The van der Waals surface area contributed by atoms with Crippen LogP contribution in [0.15, 0.2) is 30.3 Å². The summed E-state index contributed by atoms with van der Waals surface area (Å²) in [6.07, 6.45) is 0. The molecule has 10 heteroatoms. The number of rotatable bonds is 6. The molecule has 1 aromatic heterocycles. The van der Waals surface area contributed by atoms with E-state index in [1.165, 1.54) is 9.80 Å². The van der Waals surface area contributed by atoms with E-state index in [9.17, 15) is 4.79 Å². The minimum absolute atomic E-state index is 0.0119. The van der Waals surface area contributed by atoms with Crippen LogP contribution in [0.2, 0.25) is 0 Å². The number of morpholine rings is 1. The Kier molecular flexibility index (Phi) is 5.75. The van der Waals surface area contributed by atoms with Gasteiger partial charge in [-0.1, -0.05) is 18.2 Å². The number of carbonyl (C=O) groups is 1. The molecule has 0 radical (unpaired) electrons. The number of guanidine groups is 1. The van der Waals surface area contributed by atoms with Crippen LogP contribution in [0.25, 0.3) is 0 Å². The van der Waals surface area contributed by atoms with Gasteiger partial charge in [0.15, 0.2) is 0 Å². The van der Waals surface area contributed by atoms with Crippen LogP contribution in [-0.2, 0) is 9.53 Å². The Morgan fingerprint density at radius 2 is 1.70 bits per heavy atom. The lowest BCUT2D eigenvalue weighted by Crippen LogP contribution is -2.39. The second-order valence-electron chi connectivity index (χ2n) is 6.98. The SMILES string of the molecule is CCN(CC)c1nc(N2CCOCC2)nc(N2CC(=O)N(c3ccccc3)C2=N)n1. The van der Waals surface area contributed by atoms with Gasteiger partial charge in [-0.3, -0.25) is 15.1 Å². The Morgan fingerprint density at radius 1 is 1.03 bits per heavy atom. The van der Waals surface area contributed by atoms with Crippen LogP contribution in [0.4, 0.5) is 23.5 Å². The minimum Gasteiger partial charge on any atom is -0.378 e. The number of ether oxygens (including phenoxy) is 1. The number of anilines is 4. The summed E-state index contributed by atoms with van der Waals surface area (Å²) < 4.78 is 5.45.